The van der Waals surface area contributed by atoms with Crippen LogP contribution in [0.2, 0.25) is 0 Å². The first kappa shape index (κ1) is 51.7. The van der Waals surface area contributed by atoms with Gasteiger partial charge in [0, 0.05) is 59.9 Å². The zero-order chi connectivity index (χ0) is 37.1. The second-order valence-electron chi connectivity index (χ2n) is 9.68. The van der Waals surface area contributed by atoms with Crippen LogP contribution in [0.3, 0.4) is 0 Å². The summed E-state index contributed by atoms with van der Waals surface area (Å²) in [6.07, 6.45) is 12.2. The Morgan fingerprint density at radius 2 is 0.942 bits per heavy atom. The molecule has 1 aliphatic rings. The van der Waals surface area contributed by atoms with Crippen molar-refractivity contribution in [1.82, 2.24) is 10.6 Å². The van der Waals surface area contributed by atoms with Crippen LogP contribution in [0.5, 0.6) is 0 Å². The standard InChI is InChI=1S/C20H16O4.C8H8N2O2.C5H8N2O.C4H6Cl2.2K/c21-13-15-7-1-3-9-17(15)19(23)11-5-6-12-20(24)18-10-4-2-8-16(18)14-22;9-7(11)5-3-1-2-4-6(5)8(10)12;8-5-6-3-1-2-4-7-5;5-3-1-2-4-6;;/h1-10,13-14H,11-12H2;1-4H,(H2,9,11)(H2,10,12);1-2H,3-4H2,(H2,6,7,8);1-2H,3-4H2;;/q;;;;2*+1/p-2/b6-5-;;;2-1-;;. The zero-order valence-corrected chi connectivity index (χ0v) is 36.7. The van der Waals surface area contributed by atoms with Crippen molar-refractivity contribution in [3.8, 4) is 0 Å². The van der Waals surface area contributed by atoms with Crippen molar-refractivity contribution in [1.29, 1.82) is 10.8 Å². The molecule has 4 rings (SSSR count). The molecule has 2 amide bonds. The molecule has 52 heavy (non-hydrogen) atoms. The van der Waals surface area contributed by atoms with Crippen molar-refractivity contribution in [2.75, 3.05) is 24.8 Å². The van der Waals surface area contributed by atoms with Crippen LogP contribution in [0.25, 0.3) is 0 Å². The van der Waals surface area contributed by atoms with E-state index in [-0.39, 0.29) is 144 Å². The van der Waals surface area contributed by atoms with Crippen LogP contribution in [-0.2, 0) is 0 Å². The van der Waals surface area contributed by atoms with Gasteiger partial charge in [-0.25, -0.2) is 4.79 Å². The molecular weight excluding hydrogens is 762 g/mol. The number of ketones is 2. The van der Waals surface area contributed by atoms with Gasteiger partial charge in [-0.1, -0.05) is 109 Å². The fourth-order valence-corrected chi connectivity index (χ4v) is 4.10. The molecule has 15 heteroatoms. The number of carbonyl (C=O) groups is 5. The van der Waals surface area contributed by atoms with Crippen LogP contribution >= 0.6 is 23.2 Å². The molecule has 0 unspecified atom stereocenters. The largest absolute Gasteiger partial charge is 1.00 e. The van der Waals surface area contributed by atoms with E-state index < -0.39 is 11.8 Å². The third-order valence-electron chi connectivity index (χ3n) is 6.24. The molecule has 0 spiro atoms. The van der Waals surface area contributed by atoms with E-state index in [9.17, 15) is 34.2 Å². The Labute approximate surface area is 398 Å². The predicted molar refractivity (Wildman–Crippen MR) is 192 cm³/mol. The van der Waals surface area contributed by atoms with Gasteiger partial charge in [0.1, 0.15) is 0 Å². The van der Waals surface area contributed by atoms with E-state index in [0.29, 0.717) is 59.7 Å². The Balaban J connectivity index is 0. The molecule has 0 radical (unpaired) electrons. The maximum absolute atomic E-state index is 12.1. The van der Waals surface area contributed by atoms with Gasteiger partial charge in [-0.3, -0.25) is 19.2 Å². The quantitative estimate of drug-likeness (QED) is 0.0330. The van der Waals surface area contributed by atoms with Crippen LogP contribution in [0.4, 0.5) is 4.79 Å². The van der Waals surface area contributed by atoms with Crippen LogP contribution in [0, 0.1) is 10.8 Å². The average molecular weight is 798 g/mol. The molecule has 0 bridgehead atoms. The second kappa shape index (κ2) is 32.1. The monoisotopic (exact) mass is 796 g/mol. The number of rotatable bonds is 12. The smallest absolute Gasteiger partial charge is 0.859 e. The molecule has 1 heterocycles. The Morgan fingerprint density at radius 1 is 0.615 bits per heavy atom. The first-order valence-electron chi connectivity index (χ1n) is 14.9. The van der Waals surface area contributed by atoms with E-state index in [2.05, 4.69) is 10.6 Å². The Bertz CT molecular complexity index is 1600. The molecule has 0 aliphatic carbocycles. The summed E-state index contributed by atoms with van der Waals surface area (Å²) in [5, 5.41) is 40.0. The topological polar surface area (TPSA) is 203 Å². The van der Waals surface area contributed by atoms with E-state index in [1.165, 1.54) is 12.1 Å². The number of allylic oxidation sites excluding steroid dienone is 4. The maximum atomic E-state index is 12.1. The number of hydrogen-bond acceptors (Lipinski definition) is 9. The number of hydrogen-bond donors (Lipinski definition) is 4. The molecule has 0 saturated heterocycles. The van der Waals surface area contributed by atoms with Gasteiger partial charge in [0.05, 0.1) is 0 Å². The Hall–Kier alpha value is -2.38. The fourth-order valence-electron chi connectivity index (χ4n) is 3.85. The van der Waals surface area contributed by atoms with E-state index in [4.69, 9.17) is 34.0 Å². The molecule has 0 atom stereocenters. The summed E-state index contributed by atoms with van der Waals surface area (Å²) in [7, 11) is 0. The summed E-state index contributed by atoms with van der Waals surface area (Å²) in [4.78, 5) is 56.5. The van der Waals surface area contributed by atoms with Gasteiger partial charge in [0.2, 0.25) is 0 Å². The van der Waals surface area contributed by atoms with Crippen LogP contribution < -0.4 is 124 Å². The first-order chi connectivity index (χ1) is 24.1. The minimum Gasteiger partial charge on any atom is -0.859 e. The number of amides is 2. The molecule has 1 aliphatic heterocycles. The number of urea groups is 1. The number of aldehydes is 2. The third kappa shape index (κ3) is 21.4. The molecule has 3 aromatic rings. The minimum absolute atomic E-state index is 0. The van der Waals surface area contributed by atoms with Gasteiger partial charge >= 0.3 is 109 Å². The summed E-state index contributed by atoms with van der Waals surface area (Å²) >= 11 is 10.5. The Kier molecular flexibility index (Phi) is 31.9. The summed E-state index contributed by atoms with van der Waals surface area (Å²) in [5.41, 5.74) is 1.42. The van der Waals surface area contributed by atoms with Gasteiger partial charge < -0.3 is 31.7 Å². The SMILES string of the molecule is ClC/C=C\CCl.N=C([O-])c1ccccc1C(=N)[O-].O=C1NCC=CCN1.O=Cc1ccccc1C(=O)C/C=C\CC(=O)c1ccccc1C=O.[K+].[K+]. The van der Waals surface area contributed by atoms with Crippen molar-refractivity contribution >= 4 is 65.2 Å². The van der Waals surface area contributed by atoms with Gasteiger partial charge in [-0.05, 0) is 22.9 Å². The summed E-state index contributed by atoms with van der Waals surface area (Å²) < 4.78 is 0. The van der Waals surface area contributed by atoms with Gasteiger partial charge in [0.25, 0.3) is 0 Å². The molecule has 0 saturated carbocycles. The molecule has 3 aromatic carbocycles. The van der Waals surface area contributed by atoms with E-state index in [1.54, 1.807) is 72.8 Å². The molecule has 0 fully saturated rings. The van der Waals surface area contributed by atoms with Crippen LogP contribution in [0.15, 0.2) is 109 Å². The van der Waals surface area contributed by atoms with Crippen LogP contribution in [0.1, 0.15) is 65.4 Å². The number of benzene rings is 3. The fraction of sp³-hybridized carbons (Fsp3) is 0.162. The number of nitrogens with one attached hydrogen (secondary N) is 4. The molecule has 4 N–H and O–H groups in total. The summed E-state index contributed by atoms with van der Waals surface area (Å²) in [5.74, 6) is -1.12. The van der Waals surface area contributed by atoms with Crippen molar-refractivity contribution in [3.63, 3.8) is 0 Å². The maximum Gasteiger partial charge on any atom is 1.00 e. The van der Waals surface area contributed by atoms with E-state index in [0.717, 1.165) is 0 Å². The summed E-state index contributed by atoms with van der Waals surface area (Å²) in [6.45, 7) is 1.29. The van der Waals surface area contributed by atoms with Gasteiger partial charge in [-0.2, -0.15) is 0 Å². The van der Waals surface area contributed by atoms with Crippen molar-refractivity contribution in [2.45, 2.75) is 12.8 Å². The molecular formula is C37H36Cl2K2N4O7. The van der Waals surface area contributed by atoms with Crippen molar-refractivity contribution < 1.29 is 137 Å². The first-order valence-corrected chi connectivity index (χ1v) is 16.0. The molecule has 0 aromatic heterocycles. The average Bonchev–Trinajstić information content (AvgIpc) is 3.40. The number of carbonyl (C=O) groups excluding carboxylic acids is 5. The predicted octanol–water partition coefficient (Wildman–Crippen LogP) is -1.34. The third-order valence-corrected chi connectivity index (χ3v) is 6.59. The number of alkyl halides is 2. The van der Waals surface area contributed by atoms with Gasteiger partial charge in [-0.15, -0.1) is 23.2 Å². The number of Topliss-reactive ketones (excluding diaryl/α,β-unsaturated/α-hetero) is 2. The Morgan fingerprint density at radius 3 is 1.25 bits per heavy atom. The number of halogens is 2. The van der Waals surface area contributed by atoms with E-state index >= 15 is 0 Å². The zero-order valence-electron chi connectivity index (χ0n) is 28.9. The van der Waals surface area contributed by atoms with E-state index in [1.807, 2.05) is 24.3 Å². The second-order valence-corrected chi connectivity index (χ2v) is 10.3. The minimum atomic E-state index is -0.939. The molecule has 11 nitrogen and oxygen atoms in total. The molecule has 262 valence electrons. The van der Waals surface area contributed by atoms with Crippen molar-refractivity contribution in [3.05, 3.63) is 143 Å². The van der Waals surface area contributed by atoms with Crippen molar-refractivity contribution in [2.24, 2.45) is 0 Å². The van der Waals surface area contributed by atoms with Crippen LogP contribution in [-0.4, -0.2) is 66.8 Å². The summed E-state index contributed by atoms with van der Waals surface area (Å²) in [6, 6.07) is 18.9. The van der Waals surface area contributed by atoms with Gasteiger partial charge in [0.15, 0.2) is 24.1 Å². The normalized spacial score (nSPS) is 11.1.